The van der Waals surface area contributed by atoms with E-state index in [0.717, 1.165) is 48.5 Å². The smallest absolute Gasteiger partial charge is 0.397 e. The van der Waals surface area contributed by atoms with Crippen molar-refractivity contribution in [2.75, 3.05) is 0 Å². The Labute approximate surface area is 323 Å². The first-order valence-corrected chi connectivity index (χ1v) is 17.5. The number of hydrogen-bond donors (Lipinski definition) is 0. The SMILES string of the molecule is CCc1ccc(S(OC(=O)C(F)(F)C(F)(F)C(F)(F)C(F)(F)C(F)(F)C(F)(F)C(F)(F)C(F)(F)C(F)(F)C(F)(F)C(F)(F)F)(c2ccccc2)c2ccc(CC)cc2)cc1. The zero-order valence-electron chi connectivity index (χ0n) is 29.3. The molecule has 0 bridgehead atoms. The molecule has 0 N–H and O–H groups in total. The Balaban J connectivity index is 2.27. The molecule has 0 aliphatic heterocycles. The van der Waals surface area contributed by atoms with Crippen LogP contribution in [-0.4, -0.2) is 71.4 Å². The van der Waals surface area contributed by atoms with Gasteiger partial charge in [0.15, 0.2) is 0 Å². The van der Waals surface area contributed by atoms with E-state index in [0.29, 0.717) is 11.1 Å². The molecular formula is C34H23F23O2S. The van der Waals surface area contributed by atoms with Gasteiger partial charge < -0.3 is 4.18 Å². The highest BCUT2D eigenvalue weighted by Gasteiger charge is 2.99. The molecule has 60 heavy (non-hydrogen) atoms. The maximum atomic E-state index is 15.4. The molecule has 0 unspecified atom stereocenters. The van der Waals surface area contributed by atoms with Gasteiger partial charge >= 0.3 is 71.4 Å². The van der Waals surface area contributed by atoms with E-state index in [2.05, 4.69) is 0 Å². The van der Waals surface area contributed by atoms with Crippen molar-refractivity contribution in [3.63, 3.8) is 0 Å². The standard InChI is InChI=1S/C34H23F23O2S/c1-3-18-10-14-21(15-11-18)60(20-8-6-5-7-9-20,22-16-12-19(4-2)13-17-22)59-23(58)24(35,36)25(37,38)26(39,40)27(41,42)28(43,44)29(45,46)30(47,48)31(49,50)32(51,52)33(53,54)34(55,56)57/h5-17H,3-4H2,1-2H3. The van der Waals surface area contributed by atoms with Gasteiger partial charge in [0.05, 0.1) is 0 Å². The molecule has 338 valence electrons. The maximum absolute atomic E-state index is 15.4. The minimum absolute atomic E-state index is 0.252. The molecule has 0 aliphatic carbocycles. The fraction of sp³-hybridized carbons (Fsp3) is 0.441. The molecule has 3 aromatic rings. The summed E-state index contributed by atoms with van der Waals surface area (Å²) >= 11 is 0. The first-order chi connectivity index (χ1) is 26.8. The Bertz CT molecular complexity index is 1930. The Kier molecular flexibility index (Phi) is 12.8. The first-order valence-electron chi connectivity index (χ1n) is 16.0. The van der Waals surface area contributed by atoms with Crippen LogP contribution in [0.3, 0.4) is 0 Å². The van der Waals surface area contributed by atoms with Gasteiger partial charge in [0, 0.05) is 14.7 Å². The monoisotopic (exact) mass is 932 g/mol. The molecule has 0 heterocycles. The van der Waals surface area contributed by atoms with Crippen molar-refractivity contribution in [3.05, 3.63) is 90.0 Å². The van der Waals surface area contributed by atoms with E-state index in [4.69, 9.17) is 4.18 Å². The van der Waals surface area contributed by atoms with Gasteiger partial charge in [-0.3, -0.25) is 0 Å². The van der Waals surface area contributed by atoms with Crippen LogP contribution in [-0.2, 0) is 21.8 Å². The van der Waals surface area contributed by atoms with Crippen molar-refractivity contribution < 1.29 is 110 Å². The van der Waals surface area contributed by atoms with Crippen molar-refractivity contribution in [1.29, 1.82) is 0 Å². The van der Waals surface area contributed by atoms with Crippen molar-refractivity contribution in [1.82, 2.24) is 0 Å². The van der Waals surface area contributed by atoms with Crippen LogP contribution in [0.4, 0.5) is 101 Å². The summed E-state index contributed by atoms with van der Waals surface area (Å²) < 4.78 is 328. The molecule has 0 spiro atoms. The summed E-state index contributed by atoms with van der Waals surface area (Å²) in [5.41, 5.74) is 0.899. The lowest BCUT2D eigenvalue weighted by molar-refractivity contribution is -0.477. The Hall–Kier alpha value is -4.13. The van der Waals surface area contributed by atoms with Crippen LogP contribution >= 0.6 is 10.3 Å². The van der Waals surface area contributed by atoms with Gasteiger partial charge in [-0.25, -0.2) is 4.79 Å². The number of benzene rings is 3. The number of hydrogen-bond acceptors (Lipinski definition) is 2. The second kappa shape index (κ2) is 15.3. The van der Waals surface area contributed by atoms with Crippen LogP contribution in [0, 0.1) is 0 Å². The summed E-state index contributed by atoms with van der Waals surface area (Å²) in [4.78, 5) is 11.7. The highest BCUT2D eigenvalue weighted by Crippen LogP contribution is 2.71. The molecule has 2 nitrogen and oxygen atoms in total. The van der Waals surface area contributed by atoms with Crippen LogP contribution in [0.25, 0.3) is 0 Å². The van der Waals surface area contributed by atoms with Gasteiger partial charge in [-0.05, 0) is 70.7 Å². The Morgan fingerprint density at radius 1 is 0.400 bits per heavy atom. The predicted molar refractivity (Wildman–Crippen MR) is 162 cm³/mol. The van der Waals surface area contributed by atoms with Crippen LogP contribution in [0.1, 0.15) is 25.0 Å². The van der Waals surface area contributed by atoms with E-state index >= 15 is 17.6 Å². The van der Waals surface area contributed by atoms with Gasteiger partial charge in [-0.1, -0.05) is 56.3 Å². The van der Waals surface area contributed by atoms with E-state index in [-0.39, 0.29) is 12.8 Å². The molecule has 0 amide bonds. The lowest BCUT2D eigenvalue weighted by Crippen LogP contribution is -2.78. The molecule has 0 aromatic heterocycles. The summed E-state index contributed by atoms with van der Waals surface area (Å²) in [6, 6.07) is 14.4. The Morgan fingerprint density at radius 2 is 0.667 bits per heavy atom. The molecule has 0 saturated carbocycles. The second-order valence-electron chi connectivity index (χ2n) is 12.5. The zero-order chi connectivity index (χ0) is 46.8. The molecule has 26 heteroatoms. The highest BCUT2D eigenvalue weighted by atomic mass is 32.3. The van der Waals surface area contributed by atoms with Crippen LogP contribution in [0.5, 0.6) is 0 Å². The number of carbonyl (C=O) groups is 1. The minimum Gasteiger partial charge on any atom is -0.397 e. The third-order valence-corrected chi connectivity index (χ3v) is 12.0. The van der Waals surface area contributed by atoms with Gasteiger partial charge in [-0.2, -0.15) is 101 Å². The van der Waals surface area contributed by atoms with Gasteiger partial charge in [0.1, 0.15) is 0 Å². The maximum Gasteiger partial charge on any atom is 0.460 e. The summed E-state index contributed by atoms with van der Waals surface area (Å²) in [5, 5.41) is 0. The fourth-order valence-corrected chi connectivity index (χ4v) is 8.06. The van der Waals surface area contributed by atoms with Gasteiger partial charge in [-0.15, -0.1) is 0 Å². The van der Waals surface area contributed by atoms with E-state index in [9.17, 15) is 88.2 Å². The van der Waals surface area contributed by atoms with Crippen LogP contribution < -0.4 is 0 Å². The third-order valence-electron chi connectivity index (χ3n) is 8.76. The number of aryl methyl sites for hydroxylation is 2. The van der Waals surface area contributed by atoms with Crippen molar-refractivity contribution in [2.45, 2.75) is 107 Å². The van der Waals surface area contributed by atoms with Crippen molar-refractivity contribution in [3.8, 4) is 0 Å². The van der Waals surface area contributed by atoms with Crippen LogP contribution in [0.2, 0.25) is 0 Å². The van der Waals surface area contributed by atoms with Gasteiger partial charge in [0.25, 0.3) is 0 Å². The summed E-state index contributed by atoms with van der Waals surface area (Å²) in [6.45, 7) is 3.17. The average molecular weight is 933 g/mol. The zero-order valence-corrected chi connectivity index (χ0v) is 30.2. The Morgan fingerprint density at radius 3 is 0.950 bits per heavy atom. The predicted octanol–water partition coefficient (Wildman–Crippen LogP) is 13.5. The van der Waals surface area contributed by atoms with E-state index in [1.807, 2.05) is 0 Å². The molecule has 0 atom stereocenters. The van der Waals surface area contributed by atoms with E-state index < -0.39 is 96.4 Å². The quantitative estimate of drug-likeness (QED) is 0.134. The number of halogens is 23. The molecule has 0 aliphatic rings. The summed E-state index contributed by atoms with van der Waals surface area (Å²) in [5.74, 6) is -94.5. The highest BCUT2D eigenvalue weighted by molar-refractivity contribution is 8.30. The molecule has 3 aromatic carbocycles. The topological polar surface area (TPSA) is 26.3 Å². The molecule has 0 radical (unpaired) electrons. The first kappa shape index (κ1) is 50.2. The number of alkyl halides is 23. The largest absolute Gasteiger partial charge is 0.460 e. The molecule has 3 rings (SSSR count). The number of carbonyl (C=O) groups excluding carboxylic acids is 1. The molecular weight excluding hydrogens is 909 g/mol. The lowest BCUT2D eigenvalue weighted by Gasteiger charge is -2.45. The summed E-state index contributed by atoms with van der Waals surface area (Å²) in [7, 11) is -4.39. The van der Waals surface area contributed by atoms with Gasteiger partial charge in [0.2, 0.25) is 0 Å². The van der Waals surface area contributed by atoms with Crippen molar-refractivity contribution >= 4 is 16.3 Å². The molecule has 0 saturated heterocycles. The van der Waals surface area contributed by atoms with E-state index in [1.54, 1.807) is 13.8 Å². The molecule has 0 fully saturated rings. The fourth-order valence-electron chi connectivity index (χ4n) is 5.05. The van der Waals surface area contributed by atoms with E-state index in [1.165, 1.54) is 30.3 Å². The lowest BCUT2D eigenvalue weighted by atomic mass is 9.85. The normalized spacial score (nSPS) is 15.2. The minimum atomic E-state index is -9.56. The summed E-state index contributed by atoms with van der Waals surface area (Å²) in [6.07, 6.45) is -7.66. The van der Waals surface area contributed by atoms with Crippen LogP contribution in [0.15, 0.2) is 93.5 Å². The van der Waals surface area contributed by atoms with Crippen molar-refractivity contribution in [2.24, 2.45) is 0 Å². The third kappa shape index (κ3) is 6.98. The second-order valence-corrected chi connectivity index (χ2v) is 15.2. The number of rotatable bonds is 16. The average Bonchev–Trinajstić information content (AvgIpc) is 3.16.